The van der Waals surface area contributed by atoms with Crippen molar-refractivity contribution in [1.29, 1.82) is 0 Å². The van der Waals surface area contributed by atoms with Crippen molar-refractivity contribution in [1.82, 2.24) is 9.88 Å². The Morgan fingerprint density at radius 1 is 1.31 bits per heavy atom. The van der Waals surface area contributed by atoms with Crippen LogP contribution >= 0.6 is 11.3 Å². The van der Waals surface area contributed by atoms with E-state index in [2.05, 4.69) is 21.8 Å². The summed E-state index contributed by atoms with van der Waals surface area (Å²) < 4.78 is 0. The van der Waals surface area contributed by atoms with E-state index >= 15 is 0 Å². The molecule has 2 rings (SSSR count). The first-order valence-corrected chi connectivity index (χ1v) is 6.62. The third-order valence-corrected chi connectivity index (χ3v) is 4.30. The SMILES string of the molecule is Cc1nc(N2CCCN(C)CC2)sc1CN. The molecule has 0 bridgehead atoms. The largest absolute Gasteiger partial charge is 0.347 e. The van der Waals surface area contributed by atoms with Crippen LogP contribution in [0.15, 0.2) is 0 Å². The summed E-state index contributed by atoms with van der Waals surface area (Å²) in [6.07, 6.45) is 1.22. The van der Waals surface area contributed by atoms with Crippen LogP contribution in [-0.4, -0.2) is 43.1 Å². The Morgan fingerprint density at radius 3 is 2.81 bits per heavy atom. The summed E-state index contributed by atoms with van der Waals surface area (Å²) in [4.78, 5) is 10.6. The van der Waals surface area contributed by atoms with Crippen LogP contribution in [0.25, 0.3) is 0 Å². The van der Waals surface area contributed by atoms with E-state index in [1.165, 1.54) is 17.8 Å². The fourth-order valence-electron chi connectivity index (χ4n) is 1.98. The van der Waals surface area contributed by atoms with Crippen molar-refractivity contribution >= 4 is 16.5 Å². The molecule has 0 radical (unpaired) electrons. The third kappa shape index (κ3) is 2.53. The highest BCUT2D eigenvalue weighted by molar-refractivity contribution is 7.15. The van der Waals surface area contributed by atoms with Gasteiger partial charge in [-0.25, -0.2) is 4.98 Å². The molecular formula is C11H20N4S. The fourth-order valence-corrected chi connectivity index (χ4v) is 2.97. The Bertz CT molecular complexity index is 350. The van der Waals surface area contributed by atoms with Gasteiger partial charge in [0.25, 0.3) is 0 Å². The maximum Gasteiger partial charge on any atom is 0.185 e. The maximum absolute atomic E-state index is 5.69. The summed E-state index contributed by atoms with van der Waals surface area (Å²) >= 11 is 1.75. The predicted octanol–water partition coefficient (Wildman–Crippen LogP) is 1.05. The lowest BCUT2D eigenvalue weighted by Gasteiger charge is -2.19. The molecule has 1 aliphatic heterocycles. The van der Waals surface area contributed by atoms with Gasteiger partial charge in [-0.15, -0.1) is 11.3 Å². The number of hydrogen-bond acceptors (Lipinski definition) is 5. The second kappa shape index (κ2) is 5.12. The van der Waals surface area contributed by atoms with Crippen LogP contribution in [0, 0.1) is 6.92 Å². The quantitative estimate of drug-likeness (QED) is 0.839. The maximum atomic E-state index is 5.69. The number of likely N-dealkylation sites (N-methyl/N-ethyl adjacent to an activating group) is 1. The second-order valence-corrected chi connectivity index (χ2v) is 5.42. The number of aromatic nitrogens is 1. The van der Waals surface area contributed by atoms with Crippen LogP contribution in [0.1, 0.15) is 17.0 Å². The average molecular weight is 240 g/mol. The normalized spacial score (nSPS) is 18.8. The Balaban J connectivity index is 2.10. The summed E-state index contributed by atoms with van der Waals surface area (Å²) in [7, 11) is 2.18. The van der Waals surface area contributed by atoms with Gasteiger partial charge in [-0.05, 0) is 26.9 Å². The molecule has 4 nitrogen and oxygen atoms in total. The minimum Gasteiger partial charge on any atom is -0.347 e. The summed E-state index contributed by atoms with van der Waals surface area (Å²) in [5.74, 6) is 0. The summed E-state index contributed by atoms with van der Waals surface area (Å²) in [5, 5.41) is 1.15. The highest BCUT2D eigenvalue weighted by Gasteiger charge is 2.16. The van der Waals surface area contributed by atoms with Crippen LogP contribution in [0.4, 0.5) is 5.13 Å². The smallest absolute Gasteiger partial charge is 0.185 e. The van der Waals surface area contributed by atoms with E-state index in [0.29, 0.717) is 6.54 Å². The number of hydrogen-bond donors (Lipinski definition) is 1. The third-order valence-electron chi connectivity index (χ3n) is 3.06. The molecule has 90 valence electrons. The van der Waals surface area contributed by atoms with Crippen molar-refractivity contribution in [2.75, 3.05) is 38.1 Å². The van der Waals surface area contributed by atoms with Crippen LogP contribution in [0.3, 0.4) is 0 Å². The number of rotatable bonds is 2. The zero-order chi connectivity index (χ0) is 11.5. The molecule has 0 amide bonds. The van der Waals surface area contributed by atoms with Gasteiger partial charge in [0, 0.05) is 31.1 Å². The number of thiazole rings is 1. The first kappa shape index (κ1) is 11.8. The van der Waals surface area contributed by atoms with E-state index in [4.69, 9.17) is 5.73 Å². The molecule has 5 heteroatoms. The van der Waals surface area contributed by atoms with E-state index in [1.807, 2.05) is 6.92 Å². The highest BCUT2D eigenvalue weighted by Crippen LogP contribution is 2.26. The van der Waals surface area contributed by atoms with Crippen molar-refractivity contribution < 1.29 is 0 Å². The lowest BCUT2D eigenvalue weighted by atomic mass is 10.4. The van der Waals surface area contributed by atoms with Gasteiger partial charge >= 0.3 is 0 Å². The van der Waals surface area contributed by atoms with E-state index in [9.17, 15) is 0 Å². The molecular weight excluding hydrogens is 220 g/mol. The molecule has 0 aromatic carbocycles. The molecule has 1 fully saturated rings. The minimum absolute atomic E-state index is 0.608. The van der Waals surface area contributed by atoms with Gasteiger partial charge in [0.15, 0.2) is 5.13 Å². The highest BCUT2D eigenvalue weighted by atomic mass is 32.1. The number of aryl methyl sites for hydroxylation is 1. The molecule has 2 heterocycles. The van der Waals surface area contributed by atoms with Gasteiger partial charge < -0.3 is 15.5 Å². The van der Waals surface area contributed by atoms with Crippen molar-refractivity contribution in [2.24, 2.45) is 5.73 Å². The zero-order valence-electron chi connectivity index (χ0n) is 10.1. The van der Waals surface area contributed by atoms with Crippen LogP contribution < -0.4 is 10.6 Å². The first-order valence-electron chi connectivity index (χ1n) is 5.80. The molecule has 0 saturated carbocycles. The monoisotopic (exact) mass is 240 g/mol. The Hall–Kier alpha value is -0.650. The molecule has 16 heavy (non-hydrogen) atoms. The van der Waals surface area contributed by atoms with Crippen LogP contribution in [0.2, 0.25) is 0 Å². The predicted molar refractivity (Wildman–Crippen MR) is 69.1 cm³/mol. The van der Waals surface area contributed by atoms with Gasteiger partial charge in [-0.1, -0.05) is 0 Å². The molecule has 1 aromatic rings. The van der Waals surface area contributed by atoms with Crippen molar-refractivity contribution in [3.8, 4) is 0 Å². The molecule has 2 N–H and O–H groups in total. The summed E-state index contributed by atoms with van der Waals surface area (Å²) in [6.45, 7) is 7.15. The Labute approximate surface area is 101 Å². The number of nitrogens with zero attached hydrogens (tertiary/aromatic N) is 3. The lowest BCUT2D eigenvalue weighted by molar-refractivity contribution is 0.360. The van der Waals surface area contributed by atoms with Crippen molar-refractivity contribution in [2.45, 2.75) is 19.9 Å². The Morgan fingerprint density at radius 2 is 2.12 bits per heavy atom. The van der Waals surface area contributed by atoms with Gasteiger partial charge in [0.05, 0.1) is 5.69 Å². The minimum atomic E-state index is 0.608. The van der Waals surface area contributed by atoms with Gasteiger partial charge in [-0.3, -0.25) is 0 Å². The van der Waals surface area contributed by atoms with E-state index in [0.717, 1.165) is 30.5 Å². The number of anilines is 1. The lowest BCUT2D eigenvalue weighted by Crippen LogP contribution is -2.28. The van der Waals surface area contributed by atoms with Crippen LogP contribution in [-0.2, 0) is 6.54 Å². The standard InChI is InChI=1S/C11H20N4S/c1-9-10(8-12)16-11(13-9)15-5-3-4-14(2)6-7-15/h3-8,12H2,1-2H3. The van der Waals surface area contributed by atoms with Gasteiger partial charge in [-0.2, -0.15) is 0 Å². The Kier molecular flexibility index (Phi) is 3.78. The second-order valence-electron chi connectivity index (χ2n) is 4.35. The fraction of sp³-hybridized carbons (Fsp3) is 0.727. The van der Waals surface area contributed by atoms with Crippen molar-refractivity contribution in [3.05, 3.63) is 10.6 Å². The molecule has 0 atom stereocenters. The van der Waals surface area contributed by atoms with Gasteiger partial charge in [0.1, 0.15) is 0 Å². The first-order chi connectivity index (χ1) is 7.70. The molecule has 1 aliphatic rings. The molecule has 0 aliphatic carbocycles. The molecule has 0 spiro atoms. The number of nitrogens with two attached hydrogens (primary N) is 1. The van der Waals surface area contributed by atoms with Crippen LogP contribution in [0.5, 0.6) is 0 Å². The summed E-state index contributed by atoms with van der Waals surface area (Å²) in [5.41, 5.74) is 6.79. The van der Waals surface area contributed by atoms with E-state index in [-0.39, 0.29) is 0 Å². The van der Waals surface area contributed by atoms with E-state index in [1.54, 1.807) is 11.3 Å². The molecule has 0 unspecified atom stereocenters. The molecule has 1 saturated heterocycles. The van der Waals surface area contributed by atoms with Crippen molar-refractivity contribution in [3.63, 3.8) is 0 Å². The van der Waals surface area contributed by atoms with Gasteiger partial charge in [0.2, 0.25) is 0 Å². The summed E-state index contributed by atoms with van der Waals surface area (Å²) in [6, 6.07) is 0. The van der Waals surface area contributed by atoms with E-state index < -0.39 is 0 Å². The average Bonchev–Trinajstić information content (AvgIpc) is 2.50. The molecule has 1 aromatic heterocycles. The topological polar surface area (TPSA) is 45.4 Å². The zero-order valence-corrected chi connectivity index (χ0v) is 10.9.